The standard InChI is InChI=1S/C12H21NO5/c1-7-12(13-4)11(18-9(3)15)5-10(17-7)6-16-8(2)14/h7,10-13H,5-6H2,1-4H3. The number of carbonyl (C=O) groups excluding carboxylic acids is 2. The van der Waals surface area contributed by atoms with Crippen molar-refractivity contribution in [3.8, 4) is 0 Å². The van der Waals surface area contributed by atoms with Crippen molar-refractivity contribution >= 4 is 11.9 Å². The summed E-state index contributed by atoms with van der Waals surface area (Å²) in [4.78, 5) is 21.8. The molecule has 4 unspecified atom stereocenters. The molecule has 0 radical (unpaired) electrons. The monoisotopic (exact) mass is 259 g/mol. The van der Waals surface area contributed by atoms with Crippen molar-refractivity contribution in [1.82, 2.24) is 5.32 Å². The lowest BCUT2D eigenvalue weighted by Gasteiger charge is -2.39. The molecular weight excluding hydrogens is 238 g/mol. The number of ether oxygens (including phenoxy) is 3. The SMILES string of the molecule is CNC1C(C)OC(COC(C)=O)CC1OC(C)=O. The summed E-state index contributed by atoms with van der Waals surface area (Å²) in [6, 6.07) is -0.0533. The molecule has 1 saturated heterocycles. The Labute approximate surface area is 107 Å². The molecule has 0 aromatic heterocycles. The Morgan fingerprint density at radius 2 is 2.00 bits per heavy atom. The Bertz CT molecular complexity index is 307. The molecule has 0 bridgehead atoms. The summed E-state index contributed by atoms with van der Waals surface area (Å²) in [7, 11) is 1.80. The van der Waals surface area contributed by atoms with Crippen LogP contribution in [0.2, 0.25) is 0 Å². The van der Waals surface area contributed by atoms with Crippen LogP contribution in [0.15, 0.2) is 0 Å². The fourth-order valence-corrected chi connectivity index (χ4v) is 2.22. The van der Waals surface area contributed by atoms with E-state index in [0.29, 0.717) is 6.42 Å². The van der Waals surface area contributed by atoms with Crippen molar-refractivity contribution in [2.24, 2.45) is 0 Å². The molecule has 1 heterocycles. The van der Waals surface area contributed by atoms with E-state index in [1.54, 1.807) is 7.05 Å². The van der Waals surface area contributed by atoms with Gasteiger partial charge >= 0.3 is 11.9 Å². The summed E-state index contributed by atoms with van der Waals surface area (Å²) >= 11 is 0. The van der Waals surface area contributed by atoms with Crippen molar-refractivity contribution in [3.63, 3.8) is 0 Å². The minimum atomic E-state index is -0.342. The van der Waals surface area contributed by atoms with E-state index >= 15 is 0 Å². The van der Waals surface area contributed by atoms with Crippen molar-refractivity contribution in [1.29, 1.82) is 0 Å². The van der Waals surface area contributed by atoms with Gasteiger partial charge in [-0.1, -0.05) is 0 Å². The lowest BCUT2D eigenvalue weighted by Crippen LogP contribution is -2.55. The largest absolute Gasteiger partial charge is 0.463 e. The van der Waals surface area contributed by atoms with E-state index in [4.69, 9.17) is 14.2 Å². The highest BCUT2D eigenvalue weighted by Gasteiger charge is 2.37. The number of hydrogen-bond donors (Lipinski definition) is 1. The summed E-state index contributed by atoms with van der Waals surface area (Å²) < 4.78 is 15.9. The van der Waals surface area contributed by atoms with Crippen LogP contribution in [0.4, 0.5) is 0 Å². The second kappa shape index (κ2) is 6.70. The Morgan fingerprint density at radius 1 is 1.33 bits per heavy atom. The van der Waals surface area contributed by atoms with Gasteiger partial charge in [0.15, 0.2) is 0 Å². The van der Waals surface area contributed by atoms with Crippen LogP contribution in [0.5, 0.6) is 0 Å². The van der Waals surface area contributed by atoms with Crippen LogP contribution in [0, 0.1) is 0 Å². The first-order valence-corrected chi connectivity index (χ1v) is 6.07. The van der Waals surface area contributed by atoms with Gasteiger partial charge in [0.25, 0.3) is 0 Å². The zero-order valence-electron chi connectivity index (χ0n) is 11.3. The molecular formula is C12H21NO5. The Hall–Kier alpha value is -1.14. The zero-order valence-corrected chi connectivity index (χ0v) is 11.3. The van der Waals surface area contributed by atoms with Gasteiger partial charge in [0.2, 0.25) is 0 Å². The third-order valence-electron chi connectivity index (χ3n) is 2.93. The minimum absolute atomic E-state index is 0.0533. The topological polar surface area (TPSA) is 73.9 Å². The van der Waals surface area contributed by atoms with E-state index in [9.17, 15) is 9.59 Å². The third-order valence-corrected chi connectivity index (χ3v) is 2.93. The summed E-state index contributed by atoms with van der Waals surface area (Å²) in [6.07, 6.45) is -0.105. The van der Waals surface area contributed by atoms with Gasteiger partial charge < -0.3 is 19.5 Å². The van der Waals surface area contributed by atoms with Crippen LogP contribution in [-0.2, 0) is 23.8 Å². The lowest BCUT2D eigenvalue weighted by molar-refractivity contribution is -0.173. The number of hydrogen-bond acceptors (Lipinski definition) is 6. The Balaban J connectivity index is 2.60. The quantitative estimate of drug-likeness (QED) is 0.729. The fourth-order valence-electron chi connectivity index (χ4n) is 2.22. The maximum absolute atomic E-state index is 11.1. The highest BCUT2D eigenvalue weighted by atomic mass is 16.6. The van der Waals surface area contributed by atoms with E-state index in [2.05, 4.69) is 5.32 Å². The number of rotatable bonds is 4. The van der Waals surface area contributed by atoms with Crippen molar-refractivity contribution < 1.29 is 23.8 Å². The van der Waals surface area contributed by atoms with Crippen LogP contribution >= 0.6 is 0 Å². The Morgan fingerprint density at radius 3 is 2.50 bits per heavy atom. The highest BCUT2D eigenvalue weighted by molar-refractivity contribution is 5.66. The van der Waals surface area contributed by atoms with E-state index in [0.717, 1.165) is 0 Å². The van der Waals surface area contributed by atoms with E-state index in [1.165, 1.54) is 13.8 Å². The lowest BCUT2D eigenvalue weighted by atomic mass is 9.96. The van der Waals surface area contributed by atoms with Crippen molar-refractivity contribution in [3.05, 3.63) is 0 Å². The fraction of sp³-hybridized carbons (Fsp3) is 0.833. The molecule has 0 amide bonds. The van der Waals surface area contributed by atoms with Gasteiger partial charge in [0, 0.05) is 20.3 Å². The predicted molar refractivity (Wildman–Crippen MR) is 64.0 cm³/mol. The third kappa shape index (κ3) is 4.27. The summed E-state index contributed by atoms with van der Waals surface area (Å²) in [6.45, 7) is 4.82. The first-order valence-electron chi connectivity index (χ1n) is 6.07. The Kier molecular flexibility index (Phi) is 5.55. The molecule has 1 fully saturated rings. The number of esters is 2. The molecule has 18 heavy (non-hydrogen) atoms. The molecule has 1 rings (SSSR count). The first kappa shape index (κ1) is 14.9. The molecule has 0 saturated carbocycles. The maximum Gasteiger partial charge on any atom is 0.302 e. The highest BCUT2D eigenvalue weighted by Crippen LogP contribution is 2.23. The molecule has 0 aromatic carbocycles. The second-order valence-corrected chi connectivity index (χ2v) is 4.46. The van der Waals surface area contributed by atoms with Crippen molar-refractivity contribution in [2.45, 2.75) is 51.5 Å². The molecule has 6 nitrogen and oxygen atoms in total. The molecule has 0 aromatic rings. The molecule has 1 aliphatic heterocycles. The maximum atomic E-state index is 11.1. The van der Waals surface area contributed by atoms with Crippen LogP contribution in [0.25, 0.3) is 0 Å². The molecule has 1 aliphatic rings. The van der Waals surface area contributed by atoms with Gasteiger partial charge in [-0.25, -0.2) is 0 Å². The normalized spacial score (nSPS) is 31.8. The first-order chi connectivity index (χ1) is 8.43. The van der Waals surface area contributed by atoms with E-state index in [1.807, 2.05) is 6.92 Å². The molecule has 0 aliphatic carbocycles. The summed E-state index contributed by atoms with van der Waals surface area (Å²) in [5.74, 6) is -0.661. The predicted octanol–water partition coefficient (Wildman–Crippen LogP) is 0.247. The van der Waals surface area contributed by atoms with Gasteiger partial charge in [0.05, 0.1) is 18.2 Å². The van der Waals surface area contributed by atoms with Crippen LogP contribution in [0.3, 0.4) is 0 Å². The van der Waals surface area contributed by atoms with E-state index in [-0.39, 0.29) is 42.9 Å². The average molecular weight is 259 g/mol. The van der Waals surface area contributed by atoms with Crippen LogP contribution < -0.4 is 5.32 Å². The molecule has 6 heteroatoms. The van der Waals surface area contributed by atoms with Gasteiger partial charge in [-0.05, 0) is 14.0 Å². The van der Waals surface area contributed by atoms with E-state index < -0.39 is 0 Å². The molecule has 0 spiro atoms. The number of carbonyl (C=O) groups is 2. The zero-order chi connectivity index (χ0) is 13.7. The van der Waals surface area contributed by atoms with Crippen LogP contribution in [0.1, 0.15) is 27.2 Å². The minimum Gasteiger partial charge on any atom is -0.463 e. The van der Waals surface area contributed by atoms with Gasteiger partial charge in [-0.3, -0.25) is 9.59 Å². The second-order valence-electron chi connectivity index (χ2n) is 4.46. The van der Waals surface area contributed by atoms with Crippen molar-refractivity contribution in [2.75, 3.05) is 13.7 Å². The van der Waals surface area contributed by atoms with Gasteiger partial charge in [-0.15, -0.1) is 0 Å². The van der Waals surface area contributed by atoms with Gasteiger partial charge in [-0.2, -0.15) is 0 Å². The average Bonchev–Trinajstić information content (AvgIpc) is 2.25. The molecule has 1 N–H and O–H groups in total. The molecule has 104 valence electrons. The molecule has 4 atom stereocenters. The summed E-state index contributed by atoms with van der Waals surface area (Å²) in [5, 5.41) is 3.08. The number of nitrogens with one attached hydrogen (secondary N) is 1. The number of likely N-dealkylation sites (N-methyl/N-ethyl adjacent to an activating group) is 1. The smallest absolute Gasteiger partial charge is 0.302 e. The van der Waals surface area contributed by atoms with Gasteiger partial charge in [0.1, 0.15) is 12.7 Å². The van der Waals surface area contributed by atoms with Crippen LogP contribution in [-0.4, -0.2) is 49.9 Å². The summed E-state index contributed by atoms with van der Waals surface area (Å²) in [5.41, 5.74) is 0.